The molecule has 9 nitrogen and oxygen atoms in total. The number of hydroxylamine groups is 1. The van der Waals surface area contributed by atoms with Crippen molar-refractivity contribution in [1.29, 1.82) is 0 Å². The van der Waals surface area contributed by atoms with Gasteiger partial charge in [0.25, 0.3) is 11.8 Å². The topological polar surface area (TPSA) is 125 Å². The first kappa shape index (κ1) is 30.7. The third kappa shape index (κ3) is 6.41. The van der Waals surface area contributed by atoms with E-state index in [2.05, 4.69) is 10.2 Å². The molecule has 1 fully saturated rings. The predicted molar refractivity (Wildman–Crippen MR) is 162 cm³/mol. The molecule has 3 aromatic rings. The number of nitrogens with one attached hydrogen (secondary N) is 2. The van der Waals surface area contributed by atoms with Crippen molar-refractivity contribution >= 4 is 63.3 Å². The van der Waals surface area contributed by atoms with Gasteiger partial charge in [-0.25, -0.2) is 19.2 Å². The highest BCUT2D eigenvalue weighted by Crippen LogP contribution is 2.47. The third-order valence-corrected chi connectivity index (χ3v) is 9.74. The molecule has 1 saturated carbocycles. The van der Waals surface area contributed by atoms with E-state index in [4.69, 9.17) is 28.0 Å². The Morgan fingerprint density at radius 2 is 1.88 bits per heavy atom. The number of rotatable bonds is 9. The molecule has 0 radical (unpaired) electrons. The molecule has 1 aliphatic carbocycles. The summed E-state index contributed by atoms with van der Waals surface area (Å²) in [5.41, 5.74) is 4.15. The van der Waals surface area contributed by atoms with Gasteiger partial charge >= 0.3 is 5.97 Å². The second-order valence-corrected chi connectivity index (χ2v) is 13.3. The Morgan fingerprint density at radius 3 is 2.60 bits per heavy atom. The molecule has 2 aliphatic rings. The van der Waals surface area contributed by atoms with E-state index in [1.807, 2.05) is 0 Å². The van der Waals surface area contributed by atoms with E-state index in [0.29, 0.717) is 38.0 Å². The molecule has 2 heterocycles. The molecule has 3 N–H and O–H groups in total. The number of benzene rings is 2. The molecule has 222 valence electrons. The van der Waals surface area contributed by atoms with E-state index >= 15 is 0 Å². The number of aromatic carboxylic acids is 1. The van der Waals surface area contributed by atoms with Crippen LogP contribution in [-0.4, -0.2) is 50.3 Å². The van der Waals surface area contributed by atoms with Crippen molar-refractivity contribution in [2.75, 3.05) is 6.26 Å². The fraction of sp³-hybridized carbons (Fsp3) is 0.345. The molecular weight excluding hydrogens is 621 g/mol. The maximum atomic E-state index is 14.3. The van der Waals surface area contributed by atoms with Crippen molar-refractivity contribution in [1.82, 2.24) is 15.1 Å². The molecule has 2 amide bonds. The van der Waals surface area contributed by atoms with Gasteiger partial charge in [-0.05, 0) is 48.2 Å². The first-order valence-corrected chi connectivity index (χ1v) is 16.5. The Bertz CT molecular complexity index is 1530. The summed E-state index contributed by atoms with van der Waals surface area (Å²) in [6, 6.07) is 12.0. The van der Waals surface area contributed by atoms with Crippen LogP contribution in [0.25, 0.3) is 0 Å². The highest BCUT2D eigenvalue weighted by molar-refractivity contribution is 7.82. The van der Waals surface area contributed by atoms with Crippen LogP contribution in [-0.2, 0) is 27.2 Å². The lowest BCUT2D eigenvalue weighted by molar-refractivity contribution is -0.138. The molecule has 3 unspecified atom stereocenters. The Labute approximate surface area is 259 Å². The lowest BCUT2D eigenvalue weighted by atomic mass is 9.76. The minimum atomic E-state index is -1.32. The van der Waals surface area contributed by atoms with Crippen molar-refractivity contribution in [3.05, 3.63) is 91.1 Å². The minimum absolute atomic E-state index is 0.0377. The first-order valence-electron chi connectivity index (χ1n) is 13.3. The highest BCUT2D eigenvalue weighted by atomic mass is 35.5. The molecule has 1 aliphatic heterocycles. The zero-order chi connectivity index (χ0) is 30.0. The summed E-state index contributed by atoms with van der Waals surface area (Å²) in [4.78, 5) is 47.4. The predicted octanol–water partition coefficient (Wildman–Crippen LogP) is 5.48. The van der Waals surface area contributed by atoms with Crippen LogP contribution in [0, 0.1) is 0 Å². The fourth-order valence-electron chi connectivity index (χ4n) is 5.88. The summed E-state index contributed by atoms with van der Waals surface area (Å²) in [7, 11) is -1.32. The number of halogens is 2. The molecule has 0 spiro atoms. The van der Waals surface area contributed by atoms with Gasteiger partial charge in [-0.2, -0.15) is 0 Å². The van der Waals surface area contributed by atoms with E-state index in [0.717, 1.165) is 19.3 Å². The Hall–Kier alpha value is -2.80. The van der Waals surface area contributed by atoms with Crippen molar-refractivity contribution in [3.63, 3.8) is 0 Å². The Balaban J connectivity index is 1.56. The number of carbonyl (C=O) groups excluding carboxylic acids is 2. The standard InChI is InChI=1S/C29H29Cl2N3O6S2/c1-42(39)33-23-8-4-5-9-24(23)34-26(21-11-10-17(30)13-22(21)31)25(19-6-2-3-7-20(19)28(34)36)27(35)32-40-14-18-12-16(15-41-18)29(37)38/h2-3,6-7,10-13,15,23-26,33H,4-5,8-9,14H2,1H3,(H,32,35)(H,37,38)/t23-,24?,25+,26?,42?/m1/s1. The third-order valence-electron chi connectivity index (χ3n) is 7.63. The number of nitrogens with zero attached hydrogens (tertiary/aromatic N) is 1. The normalized spacial score (nSPS) is 22.8. The number of carbonyl (C=O) groups is 3. The zero-order valence-corrected chi connectivity index (χ0v) is 25.7. The molecule has 5 atom stereocenters. The van der Waals surface area contributed by atoms with Gasteiger partial charge in [0.15, 0.2) is 0 Å². The van der Waals surface area contributed by atoms with E-state index < -0.39 is 34.8 Å². The average molecular weight is 651 g/mol. The summed E-state index contributed by atoms with van der Waals surface area (Å²) < 4.78 is 15.4. The minimum Gasteiger partial charge on any atom is -0.478 e. The largest absolute Gasteiger partial charge is 0.478 e. The molecule has 42 heavy (non-hydrogen) atoms. The van der Waals surface area contributed by atoms with Crippen LogP contribution in [0.5, 0.6) is 0 Å². The molecule has 0 bridgehead atoms. The number of carboxylic acids is 1. The summed E-state index contributed by atoms with van der Waals surface area (Å²) in [6.07, 6.45) is 4.72. The maximum absolute atomic E-state index is 14.3. The van der Waals surface area contributed by atoms with Crippen LogP contribution in [0.15, 0.2) is 53.9 Å². The number of thiophene rings is 1. The Morgan fingerprint density at radius 1 is 1.12 bits per heavy atom. The number of carboxylic acid groups (broad SMARTS) is 1. The van der Waals surface area contributed by atoms with E-state index in [1.54, 1.807) is 53.6 Å². The summed E-state index contributed by atoms with van der Waals surface area (Å²) in [5, 5.41) is 11.4. The van der Waals surface area contributed by atoms with Crippen molar-refractivity contribution in [3.8, 4) is 0 Å². The van der Waals surface area contributed by atoms with Crippen LogP contribution in [0.4, 0.5) is 0 Å². The molecular formula is C29H29Cl2N3O6S2. The van der Waals surface area contributed by atoms with Gasteiger partial charge < -0.3 is 10.0 Å². The Kier molecular flexibility index (Phi) is 9.66. The van der Waals surface area contributed by atoms with Gasteiger partial charge in [-0.1, -0.05) is 60.3 Å². The van der Waals surface area contributed by atoms with E-state index in [1.165, 1.54) is 22.8 Å². The molecule has 1 aromatic heterocycles. The van der Waals surface area contributed by atoms with E-state index in [9.17, 15) is 23.7 Å². The number of hydrogen-bond acceptors (Lipinski definition) is 6. The molecule has 13 heteroatoms. The van der Waals surface area contributed by atoms with Crippen LogP contribution < -0.4 is 10.2 Å². The molecule has 5 rings (SSSR count). The van der Waals surface area contributed by atoms with Crippen molar-refractivity contribution in [2.45, 2.75) is 56.3 Å². The average Bonchev–Trinajstić information content (AvgIpc) is 3.43. The molecule has 0 saturated heterocycles. The number of fused-ring (bicyclic) bond motifs is 1. The maximum Gasteiger partial charge on any atom is 0.336 e. The lowest BCUT2D eigenvalue weighted by Gasteiger charge is -2.49. The van der Waals surface area contributed by atoms with Crippen molar-refractivity contribution < 1.29 is 28.5 Å². The van der Waals surface area contributed by atoms with Gasteiger partial charge in [-0.3, -0.25) is 14.4 Å². The van der Waals surface area contributed by atoms with Crippen LogP contribution in [0.3, 0.4) is 0 Å². The zero-order valence-electron chi connectivity index (χ0n) is 22.5. The smallest absolute Gasteiger partial charge is 0.336 e. The molecule has 2 aromatic carbocycles. The van der Waals surface area contributed by atoms with Gasteiger partial charge in [0, 0.05) is 44.2 Å². The monoisotopic (exact) mass is 649 g/mol. The number of hydrogen-bond donors (Lipinski definition) is 3. The van der Waals surface area contributed by atoms with Crippen LogP contribution in [0.1, 0.15) is 74.4 Å². The van der Waals surface area contributed by atoms with Gasteiger partial charge in [-0.15, -0.1) is 11.3 Å². The second-order valence-electron chi connectivity index (χ2n) is 10.3. The lowest BCUT2D eigenvalue weighted by Crippen LogP contribution is -2.58. The van der Waals surface area contributed by atoms with Gasteiger partial charge in [0.2, 0.25) is 0 Å². The summed E-state index contributed by atoms with van der Waals surface area (Å²) in [5.74, 6) is -2.70. The van der Waals surface area contributed by atoms with Gasteiger partial charge in [0.05, 0.1) is 28.5 Å². The van der Waals surface area contributed by atoms with Gasteiger partial charge in [0.1, 0.15) is 6.61 Å². The summed E-state index contributed by atoms with van der Waals surface area (Å²) in [6.45, 7) is -0.0377. The second kappa shape index (κ2) is 13.2. The van der Waals surface area contributed by atoms with Crippen LogP contribution in [0.2, 0.25) is 10.0 Å². The highest BCUT2D eigenvalue weighted by Gasteiger charge is 2.49. The first-order chi connectivity index (χ1) is 20.2. The quantitative estimate of drug-likeness (QED) is 0.264. The van der Waals surface area contributed by atoms with Crippen molar-refractivity contribution in [2.24, 2.45) is 0 Å². The van der Waals surface area contributed by atoms with Crippen LogP contribution >= 0.6 is 34.5 Å². The van der Waals surface area contributed by atoms with E-state index in [-0.39, 0.29) is 30.2 Å². The fourth-order valence-corrected chi connectivity index (χ4v) is 7.87. The number of amides is 2. The SMILES string of the molecule is CS(=O)N[C@@H]1CCCCC1N1C(=O)c2ccccc2[C@H](C(=O)NOCc2cc(C(=O)O)cs2)C1c1ccc(Cl)cc1Cl. The summed E-state index contributed by atoms with van der Waals surface area (Å²) >= 11 is 14.2.